The molecule has 2 aromatic carbocycles. The second kappa shape index (κ2) is 13.0. The van der Waals surface area contributed by atoms with Gasteiger partial charge in [-0.1, -0.05) is 39.2 Å². The lowest BCUT2D eigenvalue weighted by Gasteiger charge is -2.28. The van der Waals surface area contributed by atoms with E-state index in [0.717, 1.165) is 43.4 Å². The van der Waals surface area contributed by atoms with Gasteiger partial charge in [-0.25, -0.2) is 4.79 Å². The lowest BCUT2D eigenvalue weighted by atomic mass is 9.81. The maximum atomic E-state index is 15.1. The molecule has 3 unspecified atom stereocenters. The molecular formula is C42H54N4O5S. The smallest absolute Gasteiger partial charge is 0.410 e. The van der Waals surface area contributed by atoms with Gasteiger partial charge in [-0.15, -0.1) is 0 Å². The third-order valence-electron chi connectivity index (χ3n) is 12.4. The van der Waals surface area contributed by atoms with Crippen molar-refractivity contribution in [3.05, 3.63) is 53.1 Å². The van der Waals surface area contributed by atoms with E-state index in [4.69, 9.17) is 9.47 Å². The Balaban J connectivity index is 1.19. The summed E-state index contributed by atoms with van der Waals surface area (Å²) in [6.45, 7) is 13.1. The van der Waals surface area contributed by atoms with Crippen LogP contribution in [0.4, 0.5) is 4.79 Å². The zero-order valence-corrected chi connectivity index (χ0v) is 32.5. The highest BCUT2D eigenvalue weighted by Crippen LogP contribution is 2.66. The SMILES string of the molecule is COc1ccc2c(c1)C1CC1(C(=O)N1CCC3(CCN(C(=O)OC(C)(C)C)C3)C1)Cn1c-2c(C2CCCCC2)c2ccc(C(=O)NSC(C)C)cc21. The number of carbonyl (C=O) groups is 3. The number of benzene rings is 2. The average Bonchev–Trinajstić information content (AvgIpc) is 3.35. The van der Waals surface area contributed by atoms with Crippen molar-refractivity contribution >= 4 is 40.8 Å². The van der Waals surface area contributed by atoms with Crippen molar-refractivity contribution in [1.82, 2.24) is 19.1 Å². The Morgan fingerprint density at radius 3 is 2.38 bits per heavy atom. The van der Waals surface area contributed by atoms with Gasteiger partial charge in [0, 0.05) is 71.3 Å². The first kappa shape index (κ1) is 35.4. The molecule has 3 aliphatic heterocycles. The Hall–Kier alpha value is -3.66. The number of nitrogens with one attached hydrogen (secondary N) is 1. The number of carbonyl (C=O) groups excluding carboxylic acids is 3. The van der Waals surface area contributed by atoms with Crippen molar-refractivity contribution < 1.29 is 23.9 Å². The number of nitrogens with zero attached hydrogens (tertiary/aromatic N) is 3. The highest BCUT2D eigenvalue weighted by atomic mass is 32.2. The van der Waals surface area contributed by atoms with Crippen LogP contribution in [0.15, 0.2) is 36.4 Å². The quantitative estimate of drug-likeness (QED) is 0.256. The van der Waals surface area contributed by atoms with E-state index in [2.05, 4.69) is 58.4 Å². The van der Waals surface area contributed by atoms with Gasteiger partial charge in [0.1, 0.15) is 11.4 Å². The molecule has 278 valence electrons. The molecule has 5 aliphatic rings. The summed E-state index contributed by atoms with van der Waals surface area (Å²) in [5, 5.41) is 1.47. The normalized spacial score (nSPS) is 25.6. The van der Waals surface area contributed by atoms with Crippen LogP contribution in [0.25, 0.3) is 22.2 Å². The lowest BCUT2D eigenvalue weighted by molar-refractivity contribution is -0.137. The fraction of sp³-hybridized carbons (Fsp3) is 0.595. The molecule has 1 aromatic heterocycles. The Morgan fingerprint density at radius 2 is 1.67 bits per heavy atom. The van der Waals surface area contributed by atoms with Gasteiger partial charge < -0.3 is 23.8 Å². The van der Waals surface area contributed by atoms with Crippen LogP contribution in [0.3, 0.4) is 0 Å². The molecule has 0 radical (unpaired) electrons. The van der Waals surface area contributed by atoms with Gasteiger partial charge in [-0.2, -0.15) is 0 Å². The van der Waals surface area contributed by atoms with Gasteiger partial charge in [0.15, 0.2) is 0 Å². The predicted molar refractivity (Wildman–Crippen MR) is 206 cm³/mol. The van der Waals surface area contributed by atoms with Crippen LogP contribution in [-0.4, -0.2) is 76.4 Å². The number of fused-ring (bicyclic) bond motifs is 7. The van der Waals surface area contributed by atoms with Crippen LogP contribution < -0.4 is 9.46 Å². The molecule has 4 fully saturated rings. The number of rotatable bonds is 6. The molecule has 1 spiro atoms. The Morgan fingerprint density at radius 1 is 0.942 bits per heavy atom. The number of hydrogen-bond acceptors (Lipinski definition) is 6. The van der Waals surface area contributed by atoms with Crippen molar-refractivity contribution in [1.29, 1.82) is 0 Å². The lowest BCUT2D eigenvalue weighted by Crippen LogP contribution is -2.41. The van der Waals surface area contributed by atoms with Crippen molar-refractivity contribution in [2.45, 2.75) is 115 Å². The van der Waals surface area contributed by atoms with Crippen molar-refractivity contribution in [3.63, 3.8) is 0 Å². The van der Waals surface area contributed by atoms with Crippen LogP contribution in [0.2, 0.25) is 0 Å². The fourth-order valence-corrected chi connectivity index (χ4v) is 10.3. The standard InChI is InChI=1S/C42H54N4O5S/c1-26(2)52-43-37(47)28-12-14-31-34(20-28)46-25-42(38(48)44-18-16-41(23-44)17-19-45(24-41)39(49)51-40(3,4)5)22-33(42)32-21-29(50-6)13-15-30(32)36(46)35(31)27-10-8-7-9-11-27/h12-15,20-21,26-27,33H,7-11,16-19,22-25H2,1-6H3,(H,43,47). The zero-order valence-electron chi connectivity index (χ0n) is 31.7. The van der Waals surface area contributed by atoms with Gasteiger partial charge >= 0.3 is 6.09 Å². The molecule has 8 rings (SSSR count). The number of methoxy groups -OCH3 is 1. The molecule has 10 heteroatoms. The topological polar surface area (TPSA) is 93.1 Å². The van der Waals surface area contributed by atoms with Crippen LogP contribution in [0.1, 0.15) is 119 Å². The first-order valence-corrected chi connectivity index (χ1v) is 20.3. The number of ether oxygens (including phenoxy) is 2. The van der Waals surface area contributed by atoms with E-state index >= 15 is 4.79 Å². The first-order chi connectivity index (χ1) is 24.8. The largest absolute Gasteiger partial charge is 0.497 e. The van der Waals surface area contributed by atoms with E-state index in [9.17, 15) is 9.59 Å². The van der Waals surface area contributed by atoms with E-state index in [1.165, 1.54) is 59.0 Å². The second-order valence-corrected chi connectivity index (χ2v) is 18.9. The minimum Gasteiger partial charge on any atom is -0.497 e. The highest BCUT2D eigenvalue weighted by molar-refractivity contribution is 7.98. The van der Waals surface area contributed by atoms with Crippen molar-refractivity contribution in [2.24, 2.45) is 10.8 Å². The van der Waals surface area contributed by atoms with Crippen molar-refractivity contribution in [3.8, 4) is 17.0 Å². The summed E-state index contributed by atoms with van der Waals surface area (Å²) in [5.41, 5.74) is 5.43. The Labute approximate surface area is 312 Å². The Kier molecular flexibility index (Phi) is 8.86. The van der Waals surface area contributed by atoms with E-state index in [1.807, 2.05) is 31.7 Å². The molecule has 3 atom stereocenters. The minimum atomic E-state index is -0.594. The molecule has 52 heavy (non-hydrogen) atoms. The Bertz CT molecular complexity index is 1920. The van der Waals surface area contributed by atoms with Gasteiger partial charge in [0.05, 0.1) is 18.2 Å². The summed E-state index contributed by atoms with van der Waals surface area (Å²) in [6, 6.07) is 12.7. The molecule has 0 bridgehead atoms. The van der Waals surface area contributed by atoms with Gasteiger partial charge in [0.25, 0.3) is 5.91 Å². The van der Waals surface area contributed by atoms with Crippen LogP contribution in [-0.2, 0) is 16.1 Å². The van der Waals surface area contributed by atoms with Gasteiger partial charge in [0.2, 0.25) is 5.91 Å². The molecule has 4 heterocycles. The third-order valence-corrected chi connectivity index (χ3v) is 13.2. The summed E-state index contributed by atoms with van der Waals surface area (Å²) < 4.78 is 17.0. The van der Waals surface area contributed by atoms with E-state index in [-0.39, 0.29) is 34.5 Å². The number of hydrogen-bond donors (Lipinski definition) is 1. The van der Waals surface area contributed by atoms with Crippen LogP contribution >= 0.6 is 11.9 Å². The molecule has 3 aromatic rings. The molecule has 2 saturated heterocycles. The molecule has 3 amide bonds. The predicted octanol–water partition coefficient (Wildman–Crippen LogP) is 8.50. The number of likely N-dealkylation sites (tertiary alicyclic amines) is 2. The molecule has 1 N–H and O–H groups in total. The number of aromatic nitrogens is 1. The molecule has 2 aliphatic carbocycles. The van der Waals surface area contributed by atoms with E-state index < -0.39 is 11.0 Å². The van der Waals surface area contributed by atoms with Crippen LogP contribution in [0, 0.1) is 10.8 Å². The maximum Gasteiger partial charge on any atom is 0.410 e. The summed E-state index contributed by atoms with van der Waals surface area (Å²) >= 11 is 1.43. The van der Waals surface area contributed by atoms with Crippen LogP contribution in [0.5, 0.6) is 5.75 Å². The van der Waals surface area contributed by atoms with E-state index in [0.29, 0.717) is 44.2 Å². The molecule has 2 saturated carbocycles. The molecule has 9 nitrogen and oxygen atoms in total. The molecular weight excluding hydrogens is 673 g/mol. The van der Waals surface area contributed by atoms with Gasteiger partial charge in [-0.3, -0.25) is 14.3 Å². The number of amides is 3. The second-order valence-electron chi connectivity index (χ2n) is 17.5. The average molecular weight is 727 g/mol. The minimum absolute atomic E-state index is 0.0755. The third kappa shape index (κ3) is 6.16. The van der Waals surface area contributed by atoms with E-state index in [1.54, 1.807) is 7.11 Å². The zero-order chi connectivity index (χ0) is 36.6. The highest BCUT2D eigenvalue weighted by Gasteiger charge is 2.65. The monoisotopic (exact) mass is 726 g/mol. The summed E-state index contributed by atoms with van der Waals surface area (Å²) in [6.07, 6.45) is 8.27. The summed E-state index contributed by atoms with van der Waals surface area (Å²) in [7, 11) is 1.71. The maximum absolute atomic E-state index is 15.1. The summed E-state index contributed by atoms with van der Waals surface area (Å²) in [4.78, 5) is 45.5. The first-order valence-electron chi connectivity index (χ1n) is 19.4. The summed E-state index contributed by atoms with van der Waals surface area (Å²) in [5.74, 6) is 1.43. The van der Waals surface area contributed by atoms with Crippen molar-refractivity contribution in [2.75, 3.05) is 33.3 Å². The van der Waals surface area contributed by atoms with Gasteiger partial charge in [-0.05, 0) is 112 Å². The fourth-order valence-electron chi connectivity index (χ4n) is 9.83.